The lowest BCUT2D eigenvalue weighted by Gasteiger charge is -2.02. The predicted octanol–water partition coefficient (Wildman–Crippen LogP) is 1.52. The Hall–Kier alpha value is -1.09. The molecule has 0 spiro atoms. The van der Waals surface area contributed by atoms with Crippen molar-refractivity contribution in [1.29, 1.82) is 0 Å². The number of hydrogen-bond acceptors (Lipinski definition) is 2. The van der Waals surface area contributed by atoms with Crippen molar-refractivity contribution in [1.82, 2.24) is 15.1 Å². The number of rotatable bonds is 5. The first-order chi connectivity index (χ1) is 6.70. The van der Waals surface area contributed by atoms with Crippen LogP contribution in [0.3, 0.4) is 0 Å². The standard InChI is InChI=1S/C11H19N3/c1-10(2)4-7-12-8-5-11-6-9-13-14(11)3/h4,6,9,12H,5,7-8H2,1-3H3. The molecule has 78 valence electrons. The van der Waals surface area contributed by atoms with Gasteiger partial charge in [-0.1, -0.05) is 11.6 Å². The molecule has 0 radical (unpaired) electrons. The van der Waals surface area contributed by atoms with Gasteiger partial charge in [0.2, 0.25) is 0 Å². The third-order valence-corrected chi connectivity index (χ3v) is 2.14. The Morgan fingerprint density at radius 2 is 2.36 bits per heavy atom. The van der Waals surface area contributed by atoms with Gasteiger partial charge in [-0.15, -0.1) is 0 Å². The largest absolute Gasteiger partial charge is 0.313 e. The Morgan fingerprint density at radius 3 is 2.93 bits per heavy atom. The van der Waals surface area contributed by atoms with E-state index in [1.165, 1.54) is 11.3 Å². The summed E-state index contributed by atoms with van der Waals surface area (Å²) in [7, 11) is 1.98. The quantitative estimate of drug-likeness (QED) is 0.567. The number of aromatic nitrogens is 2. The molecular weight excluding hydrogens is 174 g/mol. The lowest BCUT2D eigenvalue weighted by Crippen LogP contribution is -2.18. The highest BCUT2D eigenvalue weighted by atomic mass is 15.3. The van der Waals surface area contributed by atoms with Crippen molar-refractivity contribution in [3.05, 3.63) is 29.6 Å². The van der Waals surface area contributed by atoms with Gasteiger partial charge in [-0.05, 0) is 19.9 Å². The van der Waals surface area contributed by atoms with Crippen LogP contribution in [0.25, 0.3) is 0 Å². The summed E-state index contributed by atoms with van der Waals surface area (Å²) in [5, 5.41) is 7.49. The third kappa shape index (κ3) is 3.75. The molecule has 0 unspecified atom stereocenters. The van der Waals surface area contributed by atoms with Crippen LogP contribution in [0.15, 0.2) is 23.9 Å². The molecule has 0 bridgehead atoms. The second-order valence-electron chi connectivity index (χ2n) is 3.68. The fourth-order valence-corrected chi connectivity index (χ4v) is 1.24. The summed E-state index contributed by atoms with van der Waals surface area (Å²) in [4.78, 5) is 0. The number of allylic oxidation sites excluding steroid dienone is 1. The van der Waals surface area contributed by atoms with Gasteiger partial charge in [0.1, 0.15) is 0 Å². The van der Waals surface area contributed by atoms with E-state index in [-0.39, 0.29) is 0 Å². The van der Waals surface area contributed by atoms with Crippen LogP contribution in [-0.2, 0) is 13.5 Å². The zero-order valence-electron chi connectivity index (χ0n) is 9.25. The van der Waals surface area contributed by atoms with Crippen molar-refractivity contribution in [2.75, 3.05) is 13.1 Å². The second kappa shape index (κ2) is 5.60. The van der Waals surface area contributed by atoms with Crippen molar-refractivity contribution >= 4 is 0 Å². The lowest BCUT2D eigenvalue weighted by atomic mass is 10.3. The summed E-state index contributed by atoms with van der Waals surface area (Å²) in [6.07, 6.45) is 5.07. The van der Waals surface area contributed by atoms with Crippen LogP contribution >= 0.6 is 0 Å². The molecule has 1 aromatic heterocycles. The minimum absolute atomic E-state index is 0.959. The van der Waals surface area contributed by atoms with Gasteiger partial charge >= 0.3 is 0 Å². The Bertz CT molecular complexity index is 295. The van der Waals surface area contributed by atoms with E-state index in [0.29, 0.717) is 0 Å². The van der Waals surface area contributed by atoms with Crippen molar-refractivity contribution in [3.63, 3.8) is 0 Å². The molecule has 0 fully saturated rings. The zero-order valence-corrected chi connectivity index (χ0v) is 9.25. The van der Waals surface area contributed by atoms with E-state index < -0.39 is 0 Å². The highest BCUT2D eigenvalue weighted by Crippen LogP contribution is 1.95. The van der Waals surface area contributed by atoms with Gasteiger partial charge in [0.05, 0.1) is 0 Å². The van der Waals surface area contributed by atoms with Gasteiger partial charge in [-0.3, -0.25) is 4.68 Å². The van der Waals surface area contributed by atoms with Crippen molar-refractivity contribution in [2.45, 2.75) is 20.3 Å². The maximum absolute atomic E-state index is 4.12. The van der Waals surface area contributed by atoms with Crippen LogP contribution in [-0.4, -0.2) is 22.9 Å². The molecular formula is C11H19N3. The molecule has 0 aromatic carbocycles. The fraction of sp³-hybridized carbons (Fsp3) is 0.545. The summed E-state index contributed by atoms with van der Waals surface area (Å²) >= 11 is 0. The molecule has 1 N–H and O–H groups in total. The molecule has 1 aromatic rings. The number of nitrogens with zero attached hydrogens (tertiary/aromatic N) is 2. The summed E-state index contributed by atoms with van der Waals surface area (Å²) in [6, 6.07) is 2.06. The lowest BCUT2D eigenvalue weighted by molar-refractivity contribution is 0.667. The monoisotopic (exact) mass is 193 g/mol. The SMILES string of the molecule is CC(C)=CCNCCc1ccnn1C. The van der Waals surface area contributed by atoms with Gasteiger partial charge in [0.15, 0.2) is 0 Å². The van der Waals surface area contributed by atoms with E-state index in [0.717, 1.165) is 19.5 Å². The minimum atomic E-state index is 0.959. The fourth-order valence-electron chi connectivity index (χ4n) is 1.24. The maximum atomic E-state index is 4.12. The first-order valence-electron chi connectivity index (χ1n) is 5.01. The molecule has 0 amide bonds. The normalized spacial score (nSPS) is 10.2. The molecule has 1 rings (SSSR count). The molecule has 3 heteroatoms. The average Bonchev–Trinajstić information content (AvgIpc) is 2.51. The van der Waals surface area contributed by atoms with Crippen LogP contribution in [0.5, 0.6) is 0 Å². The second-order valence-corrected chi connectivity index (χ2v) is 3.68. The van der Waals surface area contributed by atoms with Gasteiger partial charge in [0.25, 0.3) is 0 Å². The molecule has 0 aliphatic carbocycles. The summed E-state index contributed by atoms with van der Waals surface area (Å²) in [5.41, 5.74) is 2.63. The van der Waals surface area contributed by atoms with Gasteiger partial charge < -0.3 is 5.32 Å². The van der Waals surface area contributed by atoms with E-state index in [1.807, 2.05) is 17.9 Å². The Balaban J connectivity index is 2.16. The summed E-state index contributed by atoms with van der Waals surface area (Å²) in [5.74, 6) is 0. The molecule has 0 saturated carbocycles. The van der Waals surface area contributed by atoms with Crippen LogP contribution in [0.1, 0.15) is 19.5 Å². The van der Waals surface area contributed by atoms with E-state index >= 15 is 0 Å². The Kier molecular flexibility index (Phi) is 4.40. The first-order valence-corrected chi connectivity index (χ1v) is 5.01. The van der Waals surface area contributed by atoms with Crippen molar-refractivity contribution < 1.29 is 0 Å². The Morgan fingerprint density at radius 1 is 1.57 bits per heavy atom. The highest BCUT2D eigenvalue weighted by Gasteiger charge is 1.96. The van der Waals surface area contributed by atoms with Crippen LogP contribution < -0.4 is 5.32 Å². The van der Waals surface area contributed by atoms with E-state index in [1.54, 1.807) is 0 Å². The molecule has 0 saturated heterocycles. The molecule has 0 atom stereocenters. The van der Waals surface area contributed by atoms with Crippen molar-refractivity contribution in [2.24, 2.45) is 7.05 Å². The molecule has 0 aliphatic rings. The first kappa shape index (κ1) is 11.0. The number of hydrogen-bond donors (Lipinski definition) is 1. The topological polar surface area (TPSA) is 29.9 Å². The van der Waals surface area contributed by atoms with Crippen LogP contribution in [0.2, 0.25) is 0 Å². The van der Waals surface area contributed by atoms with Gasteiger partial charge in [-0.2, -0.15) is 5.10 Å². The Labute approximate surface area is 85.8 Å². The van der Waals surface area contributed by atoms with Crippen LogP contribution in [0.4, 0.5) is 0 Å². The zero-order chi connectivity index (χ0) is 10.4. The van der Waals surface area contributed by atoms with Gasteiger partial charge in [-0.25, -0.2) is 0 Å². The number of aryl methyl sites for hydroxylation is 1. The number of nitrogens with one attached hydrogen (secondary N) is 1. The summed E-state index contributed by atoms with van der Waals surface area (Å²) < 4.78 is 1.92. The van der Waals surface area contributed by atoms with E-state index in [9.17, 15) is 0 Å². The molecule has 1 heterocycles. The van der Waals surface area contributed by atoms with Crippen molar-refractivity contribution in [3.8, 4) is 0 Å². The third-order valence-electron chi connectivity index (χ3n) is 2.14. The highest BCUT2D eigenvalue weighted by molar-refractivity contribution is 5.00. The maximum Gasteiger partial charge on any atom is 0.0492 e. The van der Waals surface area contributed by atoms with Crippen LogP contribution in [0, 0.1) is 0 Å². The average molecular weight is 193 g/mol. The molecule has 14 heavy (non-hydrogen) atoms. The smallest absolute Gasteiger partial charge is 0.0492 e. The van der Waals surface area contributed by atoms with E-state index in [2.05, 4.69) is 36.4 Å². The summed E-state index contributed by atoms with van der Waals surface area (Å²) in [6.45, 7) is 6.19. The molecule has 3 nitrogen and oxygen atoms in total. The minimum Gasteiger partial charge on any atom is -0.313 e. The molecule has 0 aliphatic heterocycles. The van der Waals surface area contributed by atoms with E-state index in [4.69, 9.17) is 0 Å². The van der Waals surface area contributed by atoms with Gasteiger partial charge in [0, 0.05) is 38.4 Å². The predicted molar refractivity (Wildman–Crippen MR) is 59.2 cm³/mol.